The number of rotatable bonds is 4. The third kappa shape index (κ3) is 2.66. The van der Waals surface area contributed by atoms with Crippen LogP contribution in [0.4, 0.5) is 0 Å². The van der Waals surface area contributed by atoms with E-state index in [0.29, 0.717) is 0 Å². The number of aromatic nitrogens is 3. The van der Waals surface area contributed by atoms with E-state index in [9.17, 15) is 4.79 Å². The highest BCUT2D eigenvalue weighted by Gasteiger charge is 2.51. The Kier molecular flexibility index (Phi) is 4.16. The average Bonchev–Trinajstić information content (AvgIpc) is 3.36. The van der Waals surface area contributed by atoms with Gasteiger partial charge in [0.2, 0.25) is 0 Å². The van der Waals surface area contributed by atoms with Crippen LogP contribution in [0.25, 0.3) is 0 Å². The smallest absolute Gasteiger partial charge is 0.263 e. The Morgan fingerprint density at radius 1 is 1.46 bits per heavy atom. The highest BCUT2D eigenvalue weighted by atomic mass is 32.1. The zero-order valence-electron chi connectivity index (χ0n) is 14.1. The first-order chi connectivity index (χ1) is 11.7. The SMILES string of the molecule is CCCc1nc(C2CN(C(=O)c3cccs3)CC23CCCC3)n[nH]1. The topological polar surface area (TPSA) is 61.9 Å². The molecule has 1 N–H and O–H groups in total. The molecule has 0 radical (unpaired) electrons. The quantitative estimate of drug-likeness (QED) is 0.921. The van der Waals surface area contributed by atoms with Crippen molar-refractivity contribution in [2.24, 2.45) is 5.41 Å². The second kappa shape index (κ2) is 6.31. The third-order valence-corrected chi connectivity index (χ3v) is 6.47. The van der Waals surface area contributed by atoms with Crippen molar-refractivity contribution in [3.8, 4) is 0 Å². The Hall–Kier alpha value is -1.69. The van der Waals surface area contributed by atoms with Gasteiger partial charge in [0.1, 0.15) is 5.82 Å². The van der Waals surface area contributed by atoms with E-state index in [-0.39, 0.29) is 17.2 Å². The van der Waals surface area contributed by atoms with Crippen molar-refractivity contribution in [3.63, 3.8) is 0 Å². The predicted molar refractivity (Wildman–Crippen MR) is 94.2 cm³/mol. The second-order valence-electron chi connectivity index (χ2n) is 7.18. The number of hydrogen-bond acceptors (Lipinski definition) is 4. The van der Waals surface area contributed by atoms with Gasteiger partial charge in [-0.1, -0.05) is 25.8 Å². The number of nitrogens with zero attached hydrogens (tertiary/aromatic N) is 3. The Morgan fingerprint density at radius 2 is 2.29 bits per heavy atom. The summed E-state index contributed by atoms with van der Waals surface area (Å²) in [7, 11) is 0. The van der Waals surface area contributed by atoms with Gasteiger partial charge in [-0.25, -0.2) is 4.98 Å². The molecule has 24 heavy (non-hydrogen) atoms. The minimum atomic E-state index is 0.170. The number of nitrogens with one attached hydrogen (secondary N) is 1. The van der Waals surface area contributed by atoms with E-state index in [1.54, 1.807) is 0 Å². The summed E-state index contributed by atoms with van der Waals surface area (Å²) in [6.45, 7) is 3.75. The van der Waals surface area contributed by atoms with E-state index >= 15 is 0 Å². The van der Waals surface area contributed by atoms with Crippen molar-refractivity contribution < 1.29 is 4.79 Å². The predicted octanol–water partition coefficient (Wildman–Crippen LogP) is 3.62. The molecule has 1 spiro atoms. The molecule has 1 atom stereocenters. The number of aromatic amines is 1. The number of H-pyrrole nitrogens is 1. The van der Waals surface area contributed by atoms with Crippen molar-refractivity contribution in [3.05, 3.63) is 34.0 Å². The van der Waals surface area contributed by atoms with E-state index in [2.05, 4.69) is 17.1 Å². The van der Waals surface area contributed by atoms with Crippen LogP contribution in [0, 0.1) is 5.41 Å². The number of carbonyl (C=O) groups excluding carboxylic acids is 1. The number of aryl methyl sites for hydroxylation is 1. The maximum Gasteiger partial charge on any atom is 0.263 e. The highest BCUT2D eigenvalue weighted by molar-refractivity contribution is 7.12. The molecule has 2 aromatic heterocycles. The molecule has 3 heterocycles. The van der Waals surface area contributed by atoms with Crippen molar-refractivity contribution >= 4 is 17.2 Å². The lowest BCUT2D eigenvalue weighted by Gasteiger charge is -2.27. The first-order valence-corrected chi connectivity index (χ1v) is 9.84. The molecule has 4 rings (SSSR count). The molecular weight excluding hydrogens is 320 g/mol. The van der Waals surface area contributed by atoms with Crippen LogP contribution in [0.1, 0.15) is 66.3 Å². The fourth-order valence-electron chi connectivity index (χ4n) is 4.44. The van der Waals surface area contributed by atoms with Crippen LogP contribution >= 0.6 is 11.3 Å². The van der Waals surface area contributed by atoms with Gasteiger partial charge in [-0.2, -0.15) is 5.10 Å². The number of hydrogen-bond donors (Lipinski definition) is 1. The maximum absolute atomic E-state index is 12.8. The van der Waals surface area contributed by atoms with Crippen LogP contribution in [0.2, 0.25) is 0 Å². The van der Waals surface area contributed by atoms with Crippen LogP contribution < -0.4 is 0 Å². The van der Waals surface area contributed by atoms with Gasteiger partial charge >= 0.3 is 0 Å². The molecule has 1 aliphatic carbocycles. The van der Waals surface area contributed by atoms with Gasteiger partial charge in [0.05, 0.1) is 4.88 Å². The summed E-state index contributed by atoms with van der Waals surface area (Å²) in [5, 5.41) is 9.59. The van der Waals surface area contributed by atoms with Crippen LogP contribution in [0.5, 0.6) is 0 Å². The van der Waals surface area contributed by atoms with Crippen LogP contribution in [-0.4, -0.2) is 39.1 Å². The number of likely N-dealkylation sites (tertiary alicyclic amines) is 1. The molecule has 0 aromatic carbocycles. The lowest BCUT2D eigenvalue weighted by molar-refractivity contribution is 0.0778. The zero-order chi connectivity index (χ0) is 16.6. The summed E-state index contributed by atoms with van der Waals surface area (Å²) in [5.74, 6) is 2.33. The minimum Gasteiger partial charge on any atom is -0.337 e. The second-order valence-corrected chi connectivity index (χ2v) is 8.12. The van der Waals surface area contributed by atoms with E-state index in [1.165, 1.54) is 37.0 Å². The van der Waals surface area contributed by atoms with Crippen molar-refractivity contribution in [1.29, 1.82) is 0 Å². The van der Waals surface area contributed by atoms with E-state index in [0.717, 1.165) is 42.5 Å². The largest absolute Gasteiger partial charge is 0.337 e. The van der Waals surface area contributed by atoms with Gasteiger partial charge in [0.15, 0.2) is 5.82 Å². The zero-order valence-corrected chi connectivity index (χ0v) is 14.9. The minimum absolute atomic E-state index is 0.170. The molecular formula is C18H24N4OS. The van der Waals surface area contributed by atoms with Gasteiger partial charge < -0.3 is 4.90 Å². The van der Waals surface area contributed by atoms with Crippen molar-refractivity contribution in [1.82, 2.24) is 20.1 Å². The monoisotopic (exact) mass is 344 g/mol. The van der Waals surface area contributed by atoms with E-state index in [1.807, 2.05) is 22.4 Å². The molecule has 128 valence electrons. The normalized spacial score (nSPS) is 22.5. The summed E-state index contributed by atoms with van der Waals surface area (Å²) < 4.78 is 0. The molecule has 2 fully saturated rings. The van der Waals surface area contributed by atoms with Crippen LogP contribution in [0.15, 0.2) is 17.5 Å². The van der Waals surface area contributed by atoms with E-state index < -0.39 is 0 Å². The van der Waals surface area contributed by atoms with Gasteiger partial charge in [-0.05, 0) is 36.1 Å². The number of carbonyl (C=O) groups is 1. The Balaban J connectivity index is 1.60. The summed E-state index contributed by atoms with van der Waals surface area (Å²) in [6.07, 6.45) is 6.87. The molecule has 5 nitrogen and oxygen atoms in total. The first-order valence-electron chi connectivity index (χ1n) is 8.96. The van der Waals surface area contributed by atoms with Crippen molar-refractivity contribution in [2.45, 2.75) is 51.4 Å². The maximum atomic E-state index is 12.8. The van der Waals surface area contributed by atoms with Crippen molar-refractivity contribution in [2.75, 3.05) is 13.1 Å². The summed E-state index contributed by atoms with van der Waals surface area (Å²) in [5.41, 5.74) is 0.179. The van der Waals surface area contributed by atoms with Crippen LogP contribution in [0.3, 0.4) is 0 Å². The molecule has 1 aliphatic heterocycles. The van der Waals surface area contributed by atoms with Gasteiger partial charge in [-0.15, -0.1) is 11.3 Å². The van der Waals surface area contributed by atoms with Gasteiger partial charge in [0.25, 0.3) is 5.91 Å². The molecule has 1 amide bonds. The third-order valence-electron chi connectivity index (χ3n) is 5.61. The van der Waals surface area contributed by atoms with Gasteiger partial charge in [0, 0.05) is 25.4 Å². The molecule has 0 bridgehead atoms. The first kappa shape index (κ1) is 15.8. The van der Waals surface area contributed by atoms with Gasteiger partial charge in [-0.3, -0.25) is 9.89 Å². The summed E-state index contributed by atoms with van der Waals surface area (Å²) in [4.78, 5) is 20.5. The Bertz CT molecular complexity index is 702. The molecule has 6 heteroatoms. The molecule has 2 aliphatic rings. The molecule has 1 saturated heterocycles. The molecule has 1 unspecified atom stereocenters. The molecule has 1 saturated carbocycles. The lowest BCUT2D eigenvalue weighted by atomic mass is 9.76. The molecule has 2 aromatic rings. The fourth-order valence-corrected chi connectivity index (χ4v) is 5.13. The Morgan fingerprint density at radius 3 is 3.00 bits per heavy atom. The summed E-state index contributed by atoms with van der Waals surface area (Å²) in [6, 6.07) is 3.87. The summed E-state index contributed by atoms with van der Waals surface area (Å²) >= 11 is 1.53. The van der Waals surface area contributed by atoms with E-state index in [4.69, 9.17) is 4.98 Å². The average molecular weight is 344 g/mol. The van der Waals surface area contributed by atoms with Crippen LogP contribution in [-0.2, 0) is 6.42 Å². The lowest BCUT2D eigenvalue weighted by Crippen LogP contribution is -2.30. The Labute approximate surface area is 146 Å². The standard InChI is InChI=1S/C18H24N4OS/c1-2-6-15-19-16(21-20-15)13-11-22(12-18(13)8-3-4-9-18)17(23)14-7-5-10-24-14/h5,7,10,13H,2-4,6,8-9,11-12H2,1H3,(H,19,20,21). The number of amides is 1. The fraction of sp³-hybridized carbons (Fsp3) is 0.611. The highest BCUT2D eigenvalue weighted by Crippen LogP contribution is 2.52. The number of thiophene rings is 1.